The Balaban J connectivity index is 2.26. The van der Waals surface area contributed by atoms with Gasteiger partial charge in [0.2, 0.25) is 0 Å². The first-order chi connectivity index (χ1) is 6.31. The molecule has 0 aromatic carbocycles. The molecule has 1 saturated heterocycles. The fourth-order valence-electron chi connectivity index (χ4n) is 2.48. The standard InChI is InChI=1S/C8H13NO4S/c9-8(6(10)11)4-7(8)2-1-3-14(12,13)5-7/h1-5,9H2,(H,10,11). The van der Waals surface area contributed by atoms with Gasteiger partial charge >= 0.3 is 5.97 Å². The maximum atomic E-state index is 11.4. The van der Waals surface area contributed by atoms with Gasteiger partial charge in [-0.25, -0.2) is 8.42 Å². The smallest absolute Gasteiger partial charge is 0.324 e. The van der Waals surface area contributed by atoms with Crippen LogP contribution in [-0.2, 0) is 14.6 Å². The normalized spacial score (nSPS) is 44.9. The zero-order chi connectivity index (χ0) is 10.6. The van der Waals surface area contributed by atoms with Crippen molar-refractivity contribution < 1.29 is 18.3 Å². The van der Waals surface area contributed by atoms with Crippen LogP contribution in [0.5, 0.6) is 0 Å². The Bertz CT molecular complexity index is 390. The van der Waals surface area contributed by atoms with E-state index in [2.05, 4.69) is 0 Å². The quantitative estimate of drug-likeness (QED) is 0.611. The van der Waals surface area contributed by atoms with Crippen LogP contribution >= 0.6 is 0 Å². The highest BCUT2D eigenvalue weighted by molar-refractivity contribution is 7.91. The zero-order valence-corrected chi connectivity index (χ0v) is 8.51. The molecule has 1 spiro atoms. The largest absolute Gasteiger partial charge is 0.480 e. The molecule has 14 heavy (non-hydrogen) atoms. The topological polar surface area (TPSA) is 97.5 Å². The minimum atomic E-state index is -3.08. The second kappa shape index (κ2) is 2.49. The van der Waals surface area contributed by atoms with Crippen molar-refractivity contribution in [2.45, 2.75) is 24.8 Å². The van der Waals surface area contributed by atoms with E-state index >= 15 is 0 Å². The van der Waals surface area contributed by atoms with Gasteiger partial charge in [0.05, 0.1) is 11.5 Å². The maximum Gasteiger partial charge on any atom is 0.324 e. The van der Waals surface area contributed by atoms with Crippen molar-refractivity contribution in [1.82, 2.24) is 0 Å². The number of carboxylic acids is 1. The van der Waals surface area contributed by atoms with Gasteiger partial charge in [0.1, 0.15) is 5.54 Å². The molecule has 80 valence electrons. The lowest BCUT2D eigenvalue weighted by Crippen LogP contribution is -2.44. The Labute approximate surface area is 82.2 Å². The van der Waals surface area contributed by atoms with Gasteiger partial charge in [0.25, 0.3) is 0 Å². The van der Waals surface area contributed by atoms with Crippen LogP contribution in [0, 0.1) is 5.41 Å². The molecule has 5 nitrogen and oxygen atoms in total. The van der Waals surface area contributed by atoms with E-state index in [0.29, 0.717) is 19.3 Å². The Hall–Kier alpha value is -0.620. The molecule has 3 N–H and O–H groups in total. The van der Waals surface area contributed by atoms with Gasteiger partial charge < -0.3 is 10.8 Å². The SMILES string of the molecule is NC1(C(=O)O)CC12CCCS(=O)(=O)C2. The molecule has 2 aliphatic rings. The fourth-order valence-corrected chi connectivity index (χ4v) is 4.55. The van der Waals surface area contributed by atoms with Crippen molar-refractivity contribution in [1.29, 1.82) is 0 Å². The monoisotopic (exact) mass is 219 g/mol. The van der Waals surface area contributed by atoms with E-state index in [1.54, 1.807) is 0 Å². The lowest BCUT2D eigenvalue weighted by atomic mass is 9.96. The predicted octanol–water partition coefficient (Wildman–Crippen LogP) is -0.633. The van der Waals surface area contributed by atoms with Crippen LogP contribution in [0.1, 0.15) is 19.3 Å². The summed E-state index contributed by atoms with van der Waals surface area (Å²) in [6.45, 7) is 0. The van der Waals surface area contributed by atoms with Crippen molar-refractivity contribution in [2.75, 3.05) is 11.5 Å². The van der Waals surface area contributed by atoms with E-state index in [0.717, 1.165) is 0 Å². The number of rotatable bonds is 1. The molecule has 1 heterocycles. The summed E-state index contributed by atoms with van der Waals surface area (Å²) in [4.78, 5) is 10.8. The van der Waals surface area contributed by atoms with Gasteiger partial charge in [-0.05, 0) is 19.3 Å². The molecule has 1 aliphatic carbocycles. The van der Waals surface area contributed by atoms with Gasteiger partial charge in [0.15, 0.2) is 9.84 Å². The first-order valence-corrected chi connectivity index (χ1v) is 6.36. The van der Waals surface area contributed by atoms with Gasteiger partial charge in [0, 0.05) is 5.41 Å². The Morgan fingerprint density at radius 2 is 2.07 bits per heavy atom. The molecule has 0 bridgehead atoms. The van der Waals surface area contributed by atoms with Gasteiger partial charge in [-0.2, -0.15) is 0 Å². The van der Waals surface area contributed by atoms with Crippen LogP contribution in [0.4, 0.5) is 0 Å². The average Bonchev–Trinajstić information content (AvgIpc) is 2.54. The summed E-state index contributed by atoms with van der Waals surface area (Å²) in [5, 5.41) is 8.88. The fraction of sp³-hybridized carbons (Fsp3) is 0.875. The summed E-state index contributed by atoms with van der Waals surface area (Å²) in [7, 11) is -3.08. The third-order valence-electron chi connectivity index (χ3n) is 3.43. The molecule has 2 rings (SSSR count). The number of hydrogen-bond donors (Lipinski definition) is 2. The van der Waals surface area contributed by atoms with E-state index in [1.165, 1.54) is 0 Å². The van der Waals surface area contributed by atoms with Crippen molar-refractivity contribution in [3.05, 3.63) is 0 Å². The molecule has 0 aromatic heterocycles. The lowest BCUT2D eigenvalue weighted by Gasteiger charge is -2.24. The Kier molecular flexibility index (Phi) is 1.76. The Morgan fingerprint density at radius 3 is 2.50 bits per heavy atom. The van der Waals surface area contributed by atoms with Crippen LogP contribution in [0.15, 0.2) is 0 Å². The van der Waals surface area contributed by atoms with Crippen LogP contribution < -0.4 is 5.73 Å². The zero-order valence-electron chi connectivity index (χ0n) is 7.69. The molecule has 1 saturated carbocycles. The van der Waals surface area contributed by atoms with Crippen molar-refractivity contribution in [3.8, 4) is 0 Å². The first-order valence-electron chi connectivity index (χ1n) is 4.54. The van der Waals surface area contributed by atoms with Crippen LogP contribution in [0.3, 0.4) is 0 Å². The molecule has 1 aliphatic heterocycles. The first kappa shape index (κ1) is 9.92. The summed E-state index contributed by atoms with van der Waals surface area (Å²) in [6.07, 6.45) is 1.46. The molecule has 0 amide bonds. The molecule has 0 radical (unpaired) electrons. The molecule has 2 atom stereocenters. The highest BCUT2D eigenvalue weighted by Gasteiger charge is 2.71. The van der Waals surface area contributed by atoms with E-state index in [9.17, 15) is 13.2 Å². The minimum absolute atomic E-state index is 0.0528. The summed E-state index contributed by atoms with van der Waals surface area (Å²) in [6, 6.07) is 0. The van der Waals surface area contributed by atoms with Crippen LogP contribution in [0.25, 0.3) is 0 Å². The summed E-state index contributed by atoms with van der Waals surface area (Å²) >= 11 is 0. The summed E-state index contributed by atoms with van der Waals surface area (Å²) in [5.74, 6) is -0.956. The molecule has 6 heteroatoms. The van der Waals surface area contributed by atoms with Crippen molar-refractivity contribution in [2.24, 2.45) is 11.1 Å². The second-order valence-electron chi connectivity index (χ2n) is 4.43. The number of aliphatic carboxylic acids is 1. The van der Waals surface area contributed by atoms with Crippen LogP contribution in [-0.4, -0.2) is 36.5 Å². The molecule has 2 unspecified atom stereocenters. The third kappa shape index (κ3) is 1.17. The highest BCUT2D eigenvalue weighted by atomic mass is 32.2. The third-order valence-corrected chi connectivity index (χ3v) is 5.33. The Morgan fingerprint density at radius 1 is 1.43 bits per heavy atom. The van der Waals surface area contributed by atoms with E-state index < -0.39 is 26.8 Å². The van der Waals surface area contributed by atoms with Crippen molar-refractivity contribution in [3.63, 3.8) is 0 Å². The lowest BCUT2D eigenvalue weighted by molar-refractivity contribution is -0.140. The summed E-state index contributed by atoms with van der Waals surface area (Å²) in [5.41, 5.74) is 3.69. The predicted molar refractivity (Wildman–Crippen MR) is 49.5 cm³/mol. The number of nitrogens with two attached hydrogens (primary N) is 1. The minimum Gasteiger partial charge on any atom is -0.480 e. The number of sulfone groups is 1. The highest BCUT2D eigenvalue weighted by Crippen LogP contribution is 2.60. The van der Waals surface area contributed by atoms with Gasteiger partial charge in [-0.15, -0.1) is 0 Å². The summed E-state index contributed by atoms with van der Waals surface area (Å²) < 4.78 is 22.7. The molecule has 0 aromatic rings. The molecular weight excluding hydrogens is 206 g/mol. The average molecular weight is 219 g/mol. The number of carbonyl (C=O) groups is 1. The van der Waals surface area contributed by atoms with E-state index in [1.807, 2.05) is 0 Å². The maximum absolute atomic E-state index is 11.4. The number of hydrogen-bond acceptors (Lipinski definition) is 4. The second-order valence-corrected chi connectivity index (χ2v) is 6.61. The molecule has 2 fully saturated rings. The van der Waals surface area contributed by atoms with Crippen LogP contribution in [0.2, 0.25) is 0 Å². The molecular formula is C8H13NO4S. The van der Waals surface area contributed by atoms with Gasteiger partial charge in [-0.1, -0.05) is 0 Å². The van der Waals surface area contributed by atoms with Gasteiger partial charge in [-0.3, -0.25) is 4.79 Å². The number of carboxylic acid groups (broad SMARTS) is 1. The van der Waals surface area contributed by atoms with E-state index in [4.69, 9.17) is 10.8 Å². The van der Waals surface area contributed by atoms with Crippen molar-refractivity contribution >= 4 is 15.8 Å². The van der Waals surface area contributed by atoms with E-state index in [-0.39, 0.29) is 11.5 Å².